The first-order valence-electron chi connectivity index (χ1n) is 8.97. The number of benzene rings is 1. The Kier molecular flexibility index (Phi) is 7.80. The highest BCUT2D eigenvalue weighted by molar-refractivity contribution is 8.01. The van der Waals surface area contributed by atoms with E-state index in [1.807, 2.05) is 6.92 Å². The van der Waals surface area contributed by atoms with Crippen molar-refractivity contribution in [2.45, 2.75) is 29.9 Å². The minimum absolute atomic E-state index is 0.143. The number of halogens is 2. The maximum absolute atomic E-state index is 12.7. The quantitative estimate of drug-likeness (QED) is 0.459. The fraction of sp³-hybridized carbons (Fsp3) is 0.471. The molecule has 0 aliphatic carbocycles. The van der Waals surface area contributed by atoms with Gasteiger partial charge in [0.2, 0.25) is 21.1 Å². The molecule has 12 heteroatoms. The van der Waals surface area contributed by atoms with Crippen molar-refractivity contribution in [3.8, 4) is 0 Å². The van der Waals surface area contributed by atoms with Crippen LogP contribution in [0.2, 0.25) is 10.0 Å². The number of amides is 1. The molecule has 1 aromatic carbocycles. The number of nitrogens with one attached hydrogen (secondary N) is 1. The molecular formula is C17H20Cl2N4O3S3. The fourth-order valence-corrected chi connectivity index (χ4v) is 6.50. The zero-order chi connectivity index (χ0) is 21.0. The lowest BCUT2D eigenvalue weighted by molar-refractivity contribution is -0.120. The lowest BCUT2D eigenvalue weighted by Gasteiger charge is -2.30. The predicted molar refractivity (Wildman–Crippen MR) is 118 cm³/mol. The van der Waals surface area contributed by atoms with Crippen LogP contribution >= 0.6 is 46.3 Å². The van der Waals surface area contributed by atoms with Gasteiger partial charge in [0.05, 0.1) is 15.8 Å². The van der Waals surface area contributed by atoms with Gasteiger partial charge in [-0.1, -0.05) is 59.3 Å². The second-order valence-electron chi connectivity index (χ2n) is 6.47. The van der Waals surface area contributed by atoms with E-state index < -0.39 is 10.0 Å². The Hall–Kier alpha value is -0.910. The van der Waals surface area contributed by atoms with Gasteiger partial charge in [-0.3, -0.25) is 4.79 Å². The van der Waals surface area contributed by atoms with Gasteiger partial charge in [-0.15, -0.1) is 10.2 Å². The molecular weight excluding hydrogens is 475 g/mol. The number of carbonyl (C=O) groups excluding carboxylic acids is 1. The van der Waals surface area contributed by atoms with Crippen molar-refractivity contribution in [2.75, 3.05) is 24.2 Å². The first kappa shape index (κ1) is 22.8. The third-order valence-corrected chi connectivity index (χ3v) is 8.90. The Morgan fingerprint density at radius 3 is 2.66 bits per heavy atom. The summed E-state index contributed by atoms with van der Waals surface area (Å²) in [7, 11) is -3.50. The second-order valence-corrected chi connectivity index (χ2v) is 11.7. The van der Waals surface area contributed by atoms with Crippen molar-refractivity contribution < 1.29 is 13.2 Å². The third kappa shape index (κ3) is 6.05. The molecule has 0 saturated carbocycles. The molecule has 7 nitrogen and oxygen atoms in total. The summed E-state index contributed by atoms with van der Waals surface area (Å²) in [5, 5.41) is 12.0. The average Bonchev–Trinajstić information content (AvgIpc) is 3.12. The summed E-state index contributed by atoms with van der Waals surface area (Å²) in [4.78, 5) is 12.5. The van der Waals surface area contributed by atoms with Crippen LogP contribution in [0, 0.1) is 5.92 Å². The summed E-state index contributed by atoms with van der Waals surface area (Å²) >= 11 is 14.8. The van der Waals surface area contributed by atoms with Gasteiger partial charge in [-0.2, -0.15) is 0 Å². The number of hydrogen-bond acceptors (Lipinski definition) is 7. The summed E-state index contributed by atoms with van der Waals surface area (Å²) in [6, 6.07) is 4.80. The molecule has 3 rings (SSSR count). The van der Waals surface area contributed by atoms with Crippen molar-refractivity contribution in [2.24, 2.45) is 5.92 Å². The van der Waals surface area contributed by atoms with E-state index in [4.69, 9.17) is 23.2 Å². The first-order valence-corrected chi connectivity index (χ1v) is 13.1. The molecule has 2 aromatic rings. The molecule has 0 unspecified atom stereocenters. The van der Waals surface area contributed by atoms with E-state index in [2.05, 4.69) is 15.5 Å². The highest BCUT2D eigenvalue weighted by Crippen LogP contribution is 2.28. The molecule has 0 bridgehead atoms. The fourth-order valence-electron chi connectivity index (χ4n) is 2.98. The van der Waals surface area contributed by atoms with Crippen molar-refractivity contribution in [3.63, 3.8) is 0 Å². The minimum atomic E-state index is -3.50. The predicted octanol–water partition coefficient (Wildman–Crippen LogP) is 4.14. The van der Waals surface area contributed by atoms with Gasteiger partial charge in [0.15, 0.2) is 4.34 Å². The Morgan fingerprint density at radius 2 is 2.00 bits per heavy atom. The monoisotopic (exact) mass is 494 g/mol. The maximum atomic E-state index is 12.7. The van der Waals surface area contributed by atoms with Crippen LogP contribution in [0.15, 0.2) is 22.5 Å². The van der Waals surface area contributed by atoms with Gasteiger partial charge in [0, 0.05) is 19.0 Å². The average molecular weight is 495 g/mol. The standard InChI is InChI=1S/C17H20Cl2N4O3S3/c1-2-27-17-22-21-16(28-17)20-15(24)12-5-7-23(8-6-12)29(25,26)10-11-3-4-13(18)14(19)9-11/h3-4,9,12H,2,5-8,10H2,1H3,(H,20,21,24). The van der Waals surface area contributed by atoms with Crippen molar-refractivity contribution in [3.05, 3.63) is 33.8 Å². The van der Waals surface area contributed by atoms with Gasteiger partial charge in [0.1, 0.15) is 0 Å². The number of carbonyl (C=O) groups is 1. The van der Waals surface area contributed by atoms with Gasteiger partial charge in [-0.25, -0.2) is 12.7 Å². The molecule has 1 aromatic heterocycles. The summed E-state index contributed by atoms with van der Waals surface area (Å²) in [5.41, 5.74) is 0.580. The summed E-state index contributed by atoms with van der Waals surface area (Å²) in [6.45, 7) is 2.62. The maximum Gasteiger partial charge on any atom is 0.229 e. The number of anilines is 1. The van der Waals surface area contributed by atoms with Gasteiger partial charge < -0.3 is 5.32 Å². The first-order chi connectivity index (χ1) is 13.8. The molecule has 1 amide bonds. The van der Waals surface area contributed by atoms with E-state index in [1.165, 1.54) is 15.6 Å². The lowest BCUT2D eigenvalue weighted by Crippen LogP contribution is -2.41. The third-order valence-electron chi connectivity index (χ3n) is 4.46. The molecule has 1 aliphatic rings. The normalized spacial score (nSPS) is 16.1. The Balaban J connectivity index is 1.54. The smallest absolute Gasteiger partial charge is 0.229 e. The summed E-state index contributed by atoms with van der Waals surface area (Å²) < 4.78 is 27.7. The van der Waals surface area contributed by atoms with Gasteiger partial charge in [0.25, 0.3) is 0 Å². The zero-order valence-electron chi connectivity index (χ0n) is 15.6. The Bertz CT molecular complexity index is 976. The highest BCUT2D eigenvalue weighted by atomic mass is 35.5. The van der Waals surface area contributed by atoms with Crippen LogP contribution in [0.5, 0.6) is 0 Å². The molecule has 1 saturated heterocycles. The van der Waals surface area contributed by atoms with E-state index in [-0.39, 0.29) is 17.6 Å². The summed E-state index contributed by atoms with van der Waals surface area (Å²) in [5.74, 6) is 0.342. The second kappa shape index (κ2) is 9.93. The molecule has 2 heterocycles. The Labute approximate surface area is 188 Å². The number of hydrogen-bond donors (Lipinski definition) is 1. The number of rotatable bonds is 7. The highest BCUT2D eigenvalue weighted by Gasteiger charge is 2.31. The molecule has 0 radical (unpaired) electrons. The van der Waals surface area contributed by atoms with Crippen molar-refractivity contribution >= 4 is 67.4 Å². The van der Waals surface area contributed by atoms with Crippen LogP contribution in [-0.2, 0) is 20.6 Å². The molecule has 1 fully saturated rings. The van der Waals surface area contributed by atoms with Crippen molar-refractivity contribution in [1.29, 1.82) is 0 Å². The molecule has 158 valence electrons. The van der Waals surface area contributed by atoms with Crippen LogP contribution in [-0.4, -0.2) is 47.7 Å². The molecule has 1 N–H and O–H groups in total. The number of sulfonamides is 1. The van der Waals surface area contributed by atoms with Crippen LogP contribution in [0.1, 0.15) is 25.3 Å². The van der Waals surface area contributed by atoms with Crippen LogP contribution in [0.4, 0.5) is 5.13 Å². The molecule has 0 spiro atoms. The Morgan fingerprint density at radius 1 is 1.28 bits per heavy atom. The van der Waals surface area contributed by atoms with E-state index in [1.54, 1.807) is 30.0 Å². The molecule has 1 aliphatic heterocycles. The van der Waals surface area contributed by atoms with E-state index in [9.17, 15) is 13.2 Å². The van der Waals surface area contributed by atoms with E-state index >= 15 is 0 Å². The SMILES string of the molecule is CCSc1nnc(NC(=O)C2CCN(S(=O)(=O)Cc3ccc(Cl)c(Cl)c3)CC2)s1. The lowest BCUT2D eigenvalue weighted by atomic mass is 9.97. The van der Waals surface area contributed by atoms with Crippen LogP contribution in [0.25, 0.3) is 0 Å². The largest absolute Gasteiger partial charge is 0.300 e. The van der Waals surface area contributed by atoms with Crippen molar-refractivity contribution in [1.82, 2.24) is 14.5 Å². The number of piperidine rings is 1. The van der Waals surface area contributed by atoms with Crippen LogP contribution < -0.4 is 5.32 Å². The topological polar surface area (TPSA) is 92.3 Å². The molecule has 29 heavy (non-hydrogen) atoms. The number of aromatic nitrogens is 2. The molecule has 0 atom stereocenters. The van der Waals surface area contributed by atoms with Gasteiger partial charge >= 0.3 is 0 Å². The van der Waals surface area contributed by atoms with Crippen LogP contribution in [0.3, 0.4) is 0 Å². The van der Waals surface area contributed by atoms with E-state index in [0.29, 0.717) is 46.7 Å². The van der Waals surface area contributed by atoms with E-state index in [0.717, 1.165) is 10.1 Å². The van der Waals surface area contributed by atoms with Gasteiger partial charge in [-0.05, 0) is 36.3 Å². The zero-order valence-corrected chi connectivity index (χ0v) is 19.6. The number of nitrogens with zero attached hydrogens (tertiary/aromatic N) is 3. The summed E-state index contributed by atoms with van der Waals surface area (Å²) in [6.07, 6.45) is 0.920. The number of thioether (sulfide) groups is 1. The minimum Gasteiger partial charge on any atom is -0.300 e.